The Labute approximate surface area is 124 Å². The second-order valence-corrected chi connectivity index (χ2v) is 6.14. The predicted molar refractivity (Wildman–Crippen MR) is 81.7 cm³/mol. The van der Waals surface area contributed by atoms with E-state index in [2.05, 4.69) is 30.1 Å². The van der Waals surface area contributed by atoms with Gasteiger partial charge in [0.25, 0.3) is 0 Å². The zero-order chi connectivity index (χ0) is 14.4. The van der Waals surface area contributed by atoms with Gasteiger partial charge in [0.1, 0.15) is 17.1 Å². The molecule has 0 radical (unpaired) electrons. The van der Waals surface area contributed by atoms with Gasteiger partial charge in [-0.3, -0.25) is 0 Å². The van der Waals surface area contributed by atoms with Gasteiger partial charge >= 0.3 is 0 Å². The molecular formula is C18H19NO2. The number of hydrogen-bond donors (Lipinski definition) is 1. The van der Waals surface area contributed by atoms with Crippen molar-refractivity contribution in [1.82, 2.24) is 4.90 Å². The van der Waals surface area contributed by atoms with Crippen LogP contribution in [0.3, 0.4) is 0 Å². The summed E-state index contributed by atoms with van der Waals surface area (Å²) in [5.41, 5.74) is 2.18. The van der Waals surface area contributed by atoms with E-state index in [4.69, 9.17) is 4.74 Å². The second-order valence-electron chi connectivity index (χ2n) is 6.14. The Bertz CT molecular complexity index is 667. The molecule has 1 N–H and O–H groups in total. The monoisotopic (exact) mass is 281 g/mol. The zero-order valence-electron chi connectivity index (χ0n) is 12.1. The molecule has 0 spiro atoms. The van der Waals surface area contributed by atoms with Gasteiger partial charge in [0.2, 0.25) is 0 Å². The lowest BCUT2D eigenvalue weighted by Crippen LogP contribution is -2.47. The number of hydrogen-bond acceptors (Lipinski definition) is 3. The van der Waals surface area contributed by atoms with Gasteiger partial charge in [-0.25, -0.2) is 0 Å². The Kier molecular flexibility index (Phi) is 2.73. The minimum Gasteiger partial charge on any atom is -0.508 e. The Morgan fingerprint density at radius 1 is 1.14 bits per heavy atom. The standard InChI is InChI=1S/C18H19NO2/c1-19-11-10-18(13-6-8-14(20)9-7-13)16(12-19)15-4-2-3-5-17(15)21-18/h2-9,16,20H,10-12H2,1H3. The summed E-state index contributed by atoms with van der Waals surface area (Å²) in [6.45, 7) is 2.02. The highest BCUT2D eigenvalue weighted by molar-refractivity contribution is 5.48. The summed E-state index contributed by atoms with van der Waals surface area (Å²) >= 11 is 0. The highest BCUT2D eigenvalue weighted by atomic mass is 16.5. The molecule has 2 aromatic carbocycles. The van der Waals surface area contributed by atoms with E-state index in [0.717, 1.165) is 30.8 Å². The first-order chi connectivity index (χ1) is 10.2. The Balaban J connectivity index is 1.84. The van der Waals surface area contributed by atoms with E-state index in [-0.39, 0.29) is 5.60 Å². The lowest BCUT2D eigenvalue weighted by Gasteiger charge is -2.42. The number of likely N-dealkylation sites (N-methyl/N-ethyl adjacent to an activating group) is 1. The van der Waals surface area contributed by atoms with Crippen LogP contribution in [0.5, 0.6) is 11.5 Å². The van der Waals surface area contributed by atoms with Crippen molar-refractivity contribution < 1.29 is 9.84 Å². The largest absolute Gasteiger partial charge is 0.508 e. The van der Waals surface area contributed by atoms with Crippen molar-refractivity contribution in [2.24, 2.45) is 0 Å². The van der Waals surface area contributed by atoms with Crippen molar-refractivity contribution in [2.75, 3.05) is 20.1 Å². The molecule has 0 amide bonds. The molecule has 0 saturated carbocycles. The van der Waals surface area contributed by atoms with Crippen LogP contribution in [0.2, 0.25) is 0 Å². The number of ether oxygens (including phenoxy) is 1. The van der Waals surface area contributed by atoms with Gasteiger partial charge < -0.3 is 14.7 Å². The molecule has 3 heteroatoms. The van der Waals surface area contributed by atoms with Crippen LogP contribution in [0.1, 0.15) is 23.5 Å². The summed E-state index contributed by atoms with van der Waals surface area (Å²) < 4.78 is 6.46. The summed E-state index contributed by atoms with van der Waals surface area (Å²) in [6, 6.07) is 15.9. The zero-order valence-corrected chi connectivity index (χ0v) is 12.1. The van der Waals surface area contributed by atoms with E-state index in [0.29, 0.717) is 11.7 Å². The molecule has 2 aliphatic rings. The number of rotatable bonds is 1. The third-order valence-electron chi connectivity index (χ3n) is 4.86. The van der Waals surface area contributed by atoms with Crippen LogP contribution in [0, 0.1) is 0 Å². The molecule has 1 fully saturated rings. The molecule has 0 bridgehead atoms. The number of nitrogens with zero attached hydrogens (tertiary/aromatic N) is 1. The van der Waals surface area contributed by atoms with Gasteiger partial charge in [-0.15, -0.1) is 0 Å². The molecule has 2 aromatic rings. The van der Waals surface area contributed by atoms with E-state index >= 15 is 0 Å². The van der Waals surface area contributed by atoms with Crippen LogP contribution < -0.4 is 4.74 Å². The topological polar surface area (TPSA) is 32.7 Å². The van der Waals surface area contributed by atoms with Crippen molar-refractivity contribution in [3.63, 3.8) is 0 Å². The van der Waals surface area contributed by atoms with E-state index in [9.17, 15) is 5.11 Å². The van der Waals surface area contributed by atoms with Crippen LogP contribution in [0.25, 0.3) is 0 Å². The fourth-order valence-electron chi connectivity index (χ4n) is 3.76. The summed E-state index contributed by atoms with van der Waals surface area (Å²) in [4.78, 5) is 2.37. The van der Waals surface area contributed by atoms with Crippen molar-refractivity contribution in [2.45, 2.75) is 17.9 Å². The highest BCUT2D eigenvalue weighted by Gasteiger charge is 2.51. The molecular weight excluding hydrogens is 262 g/mol. The molecule has 0 aliphatic carbocycles. The van der Waals surface area contributed by atoms with E-state index in [1.807, 2.05) is 18.2 Å². The minimum atomic E-state index is -0.288. The summed E-state index contributed by atoms with van der Waals surface area (Å²) in [7, 11) is 2.17. The number of phenols is 1. The highest BCUT2D eigenvalue weighted by Crippen LogP contribution is 2.54. The number of likely N-dealkylation sites (tertiary alicyclic amines) is 1. The molecule has 108 valence electrons. The Hall–Kier alpha value is -2.00. The molecule has 0 aromatic heterocycles. The maximum Gasteiger partial charge on any atom is 0.143 e. The number of aromatic hydroxyl groups is 1. The molecule has 2 atom stereocenters. The van der Waals surface area contributed by atoms with Crippen LogP contribution >= 0.6 is 0 Å². The molecule has 2 aliphatic heterocycles. The van der Waals surface area contributed by atoms with Crippen molar-refractivity contribution in [3.05, 3.63) is 59.7 Å². The molecule has 3 nitrogen and oxygen atoms in total. The average Bonchev–Trinajstić information content (AvgIpc) is 2.83. The van der Waals surface area contributed by atoms with Gasteiger partial charge in [-0.2, -0.15) is 0 Å². The number of phenolic OH excluding ortho intramolecular Hbond substituents is 1. The Morgan fingerprint density at radius 2 is 1.90 bits per heavy atom. The third-order valence-corrected chi connectivity index (χ3v) is 4.86. The van der Waals surface area contributed by atoms with Crippen molar-refractivity contribution in [1.29, 1.82) is 0 Å². The fraction of sp³-hybridized carbons (Fsp3) is 0.333. The van der Waals surface area contributed by atoms with Crippen molar-refractivity contribution >= 4 is 0 Å². The average molecular weight is 281 g/mol. The normalized spacial score (nSPS) is 27.8. The van der Waals surface area contributed by atoms with E-state index in [1.54, 1.807) is 12.1 Å². The molecule has 21 heavy (non-hydrogen) atoms. The number of fused-ring (bicyclic) bond motifs is 3. The molecule has 2 heterocycles. The third kappa shape index (κ3) is 1.84. The lowest BCUT2D eigenvalue weighted by atomic mass is 9.74. The van der Waals surface area contributed by atoms with Gasteiger partial charge in [0.05, 0.1) is 0 Å². The lowest BCUT2D eigenvalue weighted by molar-refractivity contribution is 0.00700. The molecule has 2 unspecified atom stereocenters. The van der Waals surface area contributed by atoms with Crippen LogP contribution in [-0.2, 0) is 5.60 Å². The first-order valence-corrected chi connectivity index (χ1v) is 7.45. The van der Waals surface area contributed by atoms with Crippen LogP contribution in [-0.4, -0.2) is 30.1 Å². The van der Waals surface area contributed by atoms with E-state index in [1.165, 1.54) is 5.56 Å². The SMILES string of the molecule is CN1CCC2(c3ccc(O)cc3)Oc3ccccc3C2C1. The van der Waals surface area contributed by atoms with Crippen LogP contribution in [0.15, 0.2) is 48.5 Å². The minimum absolute atomic E-state index is 0.288. The summed E-state index contributed by atoms with van der Waals surface area (Å²) in [6.07, 6.45) is 0.966. The molecule has 4 rings (SSSR count). The van der Waals surface area contributed by atoms with Crippen molar-refractivity contribution in [3.8, 4) is 11.5 Å². The molecule has 1 saturated heterocycles. The summed E-state index contributed by atoms with van der Waals surface area (Å²) in [5, 5.41) is 9.56. The predicted octanol–water partition coefficient (Wildman–Crippen LogP) is 3.10. The maximum atomic E-state index is 9.56. The van der Waals surface area contributed by atoms with E-state index < -0.39 is 0 Å². The quantitative estimate of drug-likeness (QED) is 0.872. The van der Waals surface area contributed by atoms with Gasteiger partial charge in [0, 0.05) is 31.0 Å². The second kappa shape index (κ2) is 4.50. The van der Waals surface area contributed by atoms with Gasteiger partial charge in [-0.05, 0) is 30.8 Å². The van der Waals surface area contributed by atoms with Crippen LogP contribution in [0.4, 0.5) is 0 Å². The maximum absolute atomic E-state index is 9.56. The fourth-order valence-corrected chi connectivity index (χ4v) is 3.76. The smallest absolute Gasteiger partial charge is 0.143 e. The van der Waals surface area contributed by atoms with Gasteiger partial charge in [-0.1, -0.05) is 30.3 Å². The number of para-hydroxylation sites is 1. The Morgan fingerprint density at radius 3 is 2.71 bits per heavy atom. The summed E-state index contributed by atoms with van der Waals surface area (Å²) in [5.74, 6) is 1.65. The first kappa shape index (κ1) is 12.7. The number of piperidine rings is 1. The first-order valence-electron chi connectivity index (χ1n) is 7.45. The number of benzene rings is 2. The van der Waals surface area contributed by atoms with Gasteiger partial charge in [0.15, 0.2) is 0 Å².